The van der Waals surface area contributed by atoms with Crippen LogP contribution in [-0.4, -0.2) is 59.6 Å². The predicted molar refractivity (Wildman–Crippen MR) is 102 cm³/mol. The number of carbonyl (C=O) groups excluding carboxylic acids is 2. The third kappa shape index (κ3) is 3.73. The Kier molecular flexibility index (Phi) is 5.45. The molecule has 3 N–H and O–H groups in total. The minimum Gasteiger partial charge on any atom is -0.391 e. The predicted octanol–water partition coefficient (Wildman–Crippen LogP) is 1.16. The highest BCUT2D eigenvalue weighted by atomic mass is 16.3. The SMILES string of the molecule is O=C(NCC1CNCC1O)C1CC2CCCCC2N1C(=O)c1ccccc1. The number of benzene rings is 1. The van der Waals surface area contributed by atoms with Crippen molar-refractivity contribution in [3.8, 4) is 0 Å². The van der Waals surface area contributed by atoms with Crippen LogP contribution in [0.3, 0.4) is 0 Å². The quantitative estimate of drug-likeness (QED) is 0.742. The van der Waals surface area contributed by atoms with Crippen LogP contribution in [0.5, 0.6) is 0 Å². The van der Waals surface area contributed by atoms with Crippen molar-refractivity contribution in [1.82, 2.24) is 15.5 Å². The van der Waals surface area contributed by atoms with Crippen molar-refractivity contribution in [2.24, 2.45) is 11.8 Å². The molecule has 2 amide bonds. The fraction of sp³-hybridized carbons (Fsp3) is 0.619. The zero-order valence-corrected chi connectivity index (χ0v) is 15.6. The third-order valence-electron chi connectivity index (χ3n) is 6.49. The molecule has 3 fully saturated rings. The summed E-state index contributed by atoms with van der Waals surface area (Å²) in [4.78, 5) is 28.1. The van der Waals surface area contributed by atoms with Gasteiger partial charge in [-0.1, -0.05) is 31.0 Å². The van der Waals surface area contributed by atoms with Gasteiger partial charge >= 0.3 is 0 Å². The monoisotopic (exact) mass is 371 g/mol. The summed E-state index contributed by atoms with van der Waals surface area (Å²) in [5.41, 5.74) is 0.650. The molecule has 2 aliphatic heterocycles. The molecular formula is C21H29N3O3. The number of fused-ring (bicyclic) bond motifs is 1. The number of hydrogen-bond acceptors (Lipinski definition) is 4. The number of nitrogens with one attached hydrogen (secondary N) is 2. The van der Waals surface area contributed by atoms with E-state index in [0.717, 1.165) is 25.7 Å². The van der Waals surface area contributed by atoms with Gasteiger partial charge in [-0.3, -0.25) is 9.59 Å². The van der Waals surface area contributed by atoms with Gasteiger partial charge in [-0.15, -0.1) is 0 Å². The number of rotatable bonds is 4. The molecule has 0 spiro atoms. The average molecular weight is 371 g/mol. The van der Waals surface area contributed by atoms with E-state index in [-0.39, 0.29) is 23.8 Å². The molecule has 27 heavy (non-hydrogen) atoms. The van der Waals surface area contributed by atoms with Gasteiger partial charge in [-0.25, -0.2) is 0 Å². The van der Waals surface area contributed by atoms with Gasteiger partial charge in [0.15, 0.2) is 0 Å². The van der Waals surface area contributed by atoms with Crippen LogP contribution in [0, 0.1) is 11.8 Å². The smallest absolute Gasteiger partial charge is 0.254 e. The lowest BCUT2D eigenvalue weighted by atomic mass is 9.84. The van der Waals surface area contributed by atoms with Crippen LogP contribution in [0.4, 0.5) is 0 Å². The number of aliphatic hydroxyl groups excluding tert-OH is 1. The molecule has 5 unspecified atom stereocenters. The largest absolute Gasteiger partial charge is 0.391 e. The number of nitrogens with zero attached hydrogens (tertiary/aromatic N) is 1. The summed E-state index contributed by atoms with van der Waals surface area (Å²) < 4.78 is 0. The molecule has 0 aromatic heterocycles. The Balaban J connectivity index is 1.50. The maximum absolute atomic E-state index is 13.2. The van der Waals surface area contributed by atoms with Crippen molar-refractivity contribution < 1.29 is 14.7 Å². The van der Waals surface area contributed by atoms with Crippen LogP contribution in [-0.2, 0) is 4.79 Å². The second kappa shape index (κ2) is 7.98. The van der Waals surface area contributed by atoms with Crippen molar-refractivity contribution in [3.63, 3.8) is 0 Å². The lowest BCUT2D eigenvalue weighted by Crippen LogP contribution is -2.50. The first-order valence-corrected chi connectivity index (χ1v) is 10.2. The van der Waals surface area contributed by atoms with Crippen LogP contribution in [0.2, 0.25) is 0 Å². The number of amides is 2. The maximum Gasteiger partial charge on any atom is 0.254 e. The van der Waals surface area contributed by atoms with E-state index < -0.39 is 12.1 Å². The van der Waals surface area contributed by atoms with Crippen LogP contribution in [0.15, 0.2) is 30.3 Å². The number of carbonyl (C=O) groups is 2. The standard InChI is InChI=1S/C21H29N3O3/c25-19-13-22-11-16(19)12-23-20(26)18-10-15-8-4-5-9-17(15)24(18)21(27)14-6-2-1-3-7-14/h1-3,6-7,15-19,22,25H,4-5,8-13H2,(H,23,26). The summed E-state index contributed by atoms with van der Waals surface area (Å²) in [7, 11) is 0. The molecule has 5 atom stereocenters. The molecule has 4 rings (SSSR count). The summed E-state index contributed by atoms with van der Waals surface area (Å²) >= 11 is 0. The first-order chi connectivity index (χ1) is 13.1. The number of likely N-dealkylation sites (tertiary alicyclic amines) is 1. The topological polar surface area (TPSA) is 81.7 Å². The molecule has 1 aliphatic carbocycles. The Morgan fingerprint density at radius 2 is 1.93 bits per heavy atom. The highest BCUT2D eigenvalue weighted by molar-refractivity contribution is 5.98. The molecule has 2 heterocycles. The van der Waals surface area contributed by atoms with E-state index in [0.29, 0.717) is 31.1 Å². The van der Waals surface area contributed by atoms with Crippen molar-refractivity contribution in [2.75, 3.05) is 19.6 Å². The normalized spacial score (nSPS) is 32.9. The second-order valence-electron chi connectivity index (χ2n) is 8.17. The molecule has 146 valence electrons. The van der Waals surface area contributed by atoms with Gasteiger partial charge in [-0.2, -0.15) is 0 Å². The Bertz CT molecular complexity index is 681. The molecule has 0 bridgehead atoms. The molecular weight excluding hydrogens is 342 g/mol. The van der Waals surface area contributed by atoms with E-state index >= 15 is 0 Å². The minimum atomic E-state index is -0.418. The number of β-amino-alcohol motifs (C(OH)–C–C–N with tert-alkyl or cyclic N) is 1. The van der Waals surface area contributed by atoms with Crippen molar-refractivity contribution in [3.05, 3.63) is 35.9 Å². The van der Waals surface area contributed by atoms with E-state index in [1.165, 1.54) is 6.42 Å². The Hall–Kier alpha value is -1.92. The summed E-state index contributed by atoms with van der Waals surface area (Å²) in [6.45, 7) is 1.74. The molecule has 1 saturated carbocycles. The minimum absolute atomic E-state index is 0.0345. The first kappa shape index (κ1) is 18.4. The fourth-order valence-electron chi connectivity index (χ4n) is 4.99. The van der Waals surface area contributed by atoms with Crippen LogP contribution >= 0.6 is 0 Å². The summed E-state index contributed by atoms with van der Waals surface area (Å²) in [5, 5.41) is 16.1. The van der Waals surface area contributed by atoms with Gasteiger partial charge in [0.05, 0.1) is 6.10 Å². The molecule has 0 radical (unpaired) electrons. The zero-order chi connectivity index (χ0) is 18.8. The van der Waals surface area contributed by atoms with E-state index in [1.807, 2.05) is 35.2 Å². The van der Waals surface area contributed by atoms with Gasteiger partial charge in [-0.05, 0) is 37.3 Å². The van der Waals surface area contributed by atoms with E-state index in [1.54, 1.807) is 0 Å². The molecule has 6 heteroatoms. The highest BCUT2D eigenvalue weighted by Gasteiger charge is 2.47. The van der Waals surface area contributed by atoms with E-state index in [4.69, 9.17) is 0 Å². The summed E-state index contributed by atoms with van der Waals surface area (Å²) in [6.07, 6.45) is 4.71. The summed E-state index contributed by atoms with van der Waals surface area (Å²) in [6, 6.07) is 9.05. The van der Waals surface area contributed by atoms with Crippen LogP contribution in [0.25, 0.3) is 0 Å². The fourth-order valence-corrected chi connectivity index (χ4v) is 4.99. The van der Waals surface area contributed by atoms with Gasteiger partial charge < -0.3 is 20.6 Å². The number of aliphatic hydroxyl groups is 1. The Morgan fingerprint density at radius 1 is 1.15 bits per heavy atom. The van der Waals surface area contributed by atoms with Crippen molar-refractivity contribution in [2.45, 2.75) is 50.3 Å². The van der Waals surface area contributed by atoms with Gasteiger partial charge in [0.25, 0.3) is 5.91 Å². The Labute approximate surface area is 160 Å². The highest BCUT2D eigenvalue weighted by Crippen LogP contribution is 2.40. The lowest BCUT2D eigenvalue weighted by Gasteiger charge is -2.33. The molecule has 1 aromatic carbocycles. The van der Waals surface area contributed by atoms with Crippen LogP contribution < -0.4 is 10.6 Å². The third-order valence-corrected chi connectivity index (χ3v) is 6.49. The van der Waals surface area contributed by atoms with E-state index in [9.17, 15) is 14.7 Å². The molecule has 6 nitrogen and oxygen atoms in total. The van der Waals surface area contributed by atoms with Gasteiger partial charge in [0.1, 0.15) is 6.04 Å². The van der Waals surface area contributed by atoms with Crippen molar-refractivity contribution >= 4 is 11.8 Å². The van der Waals surface area contributed by atoms with Gasteiger partial charge in [0, 0.05) is 37.2 Å². The van der Waals surface area contributed by atoms with Crippen molar-refractivity contribution in [1.29, 1.82) is 0 Å². The Morgan fingerprint density at radius 3 is 2.67 bits per heavy atom. The maximum atomic E-state index is 13.2. The van der Waals surface area contributed by atoms with Gasteiger partial charge in [0.2, 0.25) is 5.91 Å². The second-order valence-corrected chi connectivity index (χ2v) is 8.17. The number of hydrogen-bond donors (Lipinski definition) is 3. The molecule has 3 aliphatic rings. The molecule has 2 saturated heterocycles. The first-order valence-electron chi connectivity index (χ1n) is 10.2. The lowest BCUT2D eigenvalue weighted by molar-refractivity contribution is -0.125. The zero-order valence-electron chi connectivity index (χ0n) is 15.6. The molecule has 1 aromatic rings. The van der Waals surface area contributed by atoms with Crippen LogP contribution in [0.1, 0.15) is 42.5 Å². The van der Waals surface area contributed by atoms with E-state index in [2.05, 4.69) is 10.6 Å². The average Bonchev–Trinajstić information content (AvgIpc) is 3.29. The summed E-state index contributed by atoms with van der Waals surface area (Å²) in [5.74, 6) is 0.345.